The van der Waals surface area contributed by atoms with Crippen LogP contribution in [-0.2, 0) is 10.2 Å². The van der Waals surface area contributed by atoms with Gasteiger partial charge in [0, 0.05) is 13.6 Å². The van der Waals surface area contributed by atoms with E-state index < -0.39 is 10.2 Å². The highest BCUT2D eigenvalue weighted by molar-refractivity contribution is 7.87. The highest BCUT2D eigenvalue weighted by atomic mass is 32.2. The van der Waals surface area contributed by atoms with Crippen LogP contribution in [0, 0.1) is 0 Å². The smallest absolute Gasteiger partial charge is 0.204 e. The fraction of sp³-hybridized carbons (Fsp3) is 1.00. The van der Waals surface area contributed by atoms with Crippen LogP contribution >= 0.6 is 0 Å². The Bertz CT molecular complexity index is 139. The Morgan fingerprint density at radius 3 is 2.25 bits per heavy atom. The van der Waals surface area contributed by atoms with E-state index in [2.05, 4.69) is 4.72 Å². The van der Waals surface area contributed by atoms with Gasteiger partial charge in [0.1, 0.15) is 0 Å². The van der Waals surface area contributed by atoms with E-state index in [1.54, 1.807) is 6.92 Å². The molecule has 0 aromatic carbocycles. The van der Waals surface area contributed by atoms with Crippen LogP contribution in [0.1, 0.15) is 6.92 Å². The van der Waals surface area contributed by atoms with Crippen molar-refractivity contribution in [3.63, 3.8) is 0 Å². The summed E-state index contributed by atoms with van der Waals surface area (Å²) in [6.07, 6.45) is 0. The van der Waals surface area contributed by atoms with Crippen molar-refractivity contribution in [1.82, 2.24) is 9.44 Å². The van der Waals surface area contributed by atoms with Crippen LogP contribution in [0.5, 0.6) is 0 Å². The molecule has 0 spiro atoms. The summed E-state index contributed by atoms with van der Waals surface area (Å²) in [5, 5.41) is 0. The quantitative estimate of drug-likeness (QED) is 0.546. The Balaban J connectivity index is 3.76. The third-order valence-electron chi connectivity index (χ3n) is 0.557. The number of nitrogens with zero attached hydrogens (tertiary/aromatic N) is 1. The minimum absolute atomic E-state index is 0.295. The van der Waals surface area contributed by atoms with Crippen molar-refractivity contribution in [2.24, 2.45) is 0 Å². The van der Waals surface area contributed by atoms with Gasteiger partial charge in [-0.25, -0.2) is 4.72 Å². The topological polar surface area (TPSA) is 60.3 Å². The van der Waals surface area contributed by atoms with Gasteiger partial charge in [-0.15, -0.1) is 4.72 Å². The van der Waals surface area contributed by atoms with Gasteiger partial charge in [-0.3, -0.25) is 0 Å². The first-order chi connectivity index (χ1) is 3.62. The normalized spacial score (nSPS) is 11.8. The summed E-state index contributed by atoms with van der Waals surface area (Å²) < 4.78 is 25.9. The minimum atomic E-state index is -3.29. The average molecular weight is 137 g/mol. The number of hydrogen-bond acceptors (Lipinski definition) is 2. The fourth-order valence-corrected chi connectivity index (χ4v) is 0.704. The molecule has 0 heterocycles. The van der Waals surface area contributed by atoms with E-state index in [1.165, 1.54) is 7.05 Å². The van der Waals surface area contributed by atoms with E-state index in [0.717, 1.165) is 0 Å². The molecule has 0 atom stereocenters. The number of hydrogen-bond donors (Lipinski definition) is 1. The molecule has 0 aromatic rings. The van der Waals surface area contributed by atoms with Gasteiger partial charge in [0.2, 0.25) is 0 Å². The number of rotatable bonds is 3. The predicted octanol–water partition coefficient (Wildman–Crippen LogP) is -0.925. The zero-order chi connectivity index (χ0) is 6.62. The van der Waals surface area contributed by atoms with Crippen LogP contribution in [0.15, 0.2) is 0 Å². The van der Waals surface area contributed by atoms with Crippen LogP contribution in [0.3, 0.4) is 0 Å². The molecule has 0 saturated heterocycles. The Labute approximate surface area is 49.5 Å². The molecule has 5 heteroatoms. The van der Waals surface area contributed by atoms with E-state index in [4.69, 9.17) is 0 Å². The van der Waals surface area contributed by atoms with Crippen LogP contribution in [0.2, 0.25) is 0 Å². The Morgan fingerprint density at radius 2 is 2.12 bits per heavy atom. The van der Waals surface area contributed by atoms with Crippen LogP contribution < -0.4 is 9.44 Å². The summed E-state index contributed by atoms with van der Waals surface area (Å²) in [5.74, 6) is 0. The standard InChI is InChI=1S/C3H9N2O2S/c1-3-5-8(6,7)4-2/h4H,3H2,1-2H3. The van der Waals surface area contributed by atoms with Crippen molar-refractivity contribution >= 4 is 10.2 Å². The molecule has 0 aliphatic carbocycles. The maximum atomic E-state index is 10.3. The molecule has 8 heavy (non-hydrogen) atoms. The summed E-state index contributed by atoms with van der Waals surface area (Å²) in [5.41, 5.74) is 0. The molecule has 49 valence electrons. The Hall–Kier alpha value is -0.130. The first-order valence-corrected chi connectivity index (χ1v) is 3.68. The highest BCUT2D eigenvalue weighted by Gasteiger charge is 2.02. The lowest BCUT2D eigenvalue weighted by molar-refractivity contribution is 0.574. The third kappa shape index (κ3) is 2.95. The molecule has 1 N–H and O–H groups in total. The molecule has 4 nitrogen and oxygen atoms in total. The van der Waals surface area contributed by atoms with Gasteiger partial charge in [-0.2, -0.15) is 8.42 Å². The van der Waals surface area contributed by atoms with E-state index in [9.17, 15) is 8.42 Å². The third-order valence-corrected chi connectivity index (χ3v) is 1.67. The molecule has 0 unspecified atom stereocenters. The van der Waals surface area contributed by atoms with E-state index >= 15 is 0 Å². The van der Waals surface area contributed by atoms with Gasteiger partial charge in [-0.05, 0) is 6.92 Å². The second-order valence-electron chi connectivity index (χ2n) is 1.12. The molecule has 0 rings (SSSR count). The van der Waals surface area contributed by atoms with Gasteiger partial charge in [0.25, 0.3) is 10.2 Å². The first kappa shape index (κ1) is 7.87. The predicted molar refractivity (Wildman–Crippen MR) is 30.7 cm³/mol. The molecular weight excluding hydrogens is 128 g/mol. The Kier molecular flexibility index (Phi) is 2.96. The van der Waals surface area contributed by atoms with Crippen molar-refractivity contribution in [3.05, 3.63) is 0 Å². The van der Waals surface area contributed by atoms with Crippen molar-refractivity contribution in [2.75, 3.05) is 13.6 Å². The van der Waals surface area contributed by atoms with Crippen molar-refractivity contribution in [1.29, 1.82) is 0 Å². The highest BCUT2D eigenvalue weighted by Crippen LogP contribution is 1.72. The fourth-order valence-electron chi connectivity index (χ4n) is 0.235. The van der Waals surface area contributed by atoms with E-state index in [1.807, 2.05) is 4.72 Å². The SMILES string of the molecule is CC[N]S(=O)(=O)NC. The molecule has 0 amide bonds. The van der Waals surface area contributed by atoms with Crippen LogP contribution in [-0.4, -0.2) is 22.0 Å². The lowest BCUT2D eigenvalue weighted by atomic mass is 10.8. The first-order valence-electron chi connectivity index (χ1n) is 2.24. The minimum Gasteiger partial charge on any atom is -0.204 e. The lowest BCUT2D eigenvalue weighted by Crippen LogP contribution is -2.28. The zero-order valence-corrected chi connectivity index (χ0v) is 5.70. The van der Waals surface area contributed by atoms with Crippen molar-refractivity contribution < 1.29 is 8.42 Å². The number of nitrogens with one attached hydrogen (secondary N) is 1. The molecule has 0 fully saturated rings. The second-order valence-corrected chi connectivity index (χ2v) is 2.74. The second kappa shape index (κ2) is 3.01. The summed E-state index contributed by atoms with van der Waals surface area (Å²) in [4.78, 5) is 0. The summed E-state index contributed by atoms with van der Waals surface area (Å²) in [6.45, 7) is 1.96. The molecular formula is C3H9N2O2S. The van der Waals surface area contributed by atoms with Gasteiger partial charge in [0.15, 0.2) is 0 Å². The van der Waals surface area contributed by atoms with Crippen LogP contribution in [0.4, 0.5) is 0 Å². The zero-order valence-electron chi connectivity index (χ0n) is 4.88. The summed E-state index contributed by atoms with van der Waals surface area (Å²) in [7, 11) is -1.97. The molecule has 0 aliphatic rings. The largest absolute Gasteiger partial charge is 0.293 e. The van der Waals surface area contributed by atoms with Gasteiger partial charge in [-0.1, -0.05) is 0 Å². The summed E-state index contributed by atoms with van der Waals surface area (Å²) in [6, 6.07) is 0. The molecule has 0 aliphatic heterocycles. The molecule has 0 saturated carbocycles. The molecule has 1 radical (unpaired) electrons. The van der Waals surface area contributed by atoms with E-state index in [0.29, 0.717) is 6.54 Å². The Morgan fingerprint density at radius 1 is 1.62 bits per heavy atom. The van der Waals surface area contributed by atoms with Gasteiger partial charge >= 0.3 is 0 Å². The monoisotopic (exact) mass is 137 g/mol. The van der Waals surface area contributed by atoms with Crippen molar-refractivity contribution in [2.45, 2.75) is 6.92 Å². The lowest BCUT2D eigenvalue weighted by Gasteiger charge is -1.95. The van der Waals surface area contributed by atoms with Crippen molar-refractivity contribution in [3.8, 4) is 0 Å². The van der Waals surface area contributed by atoms with Gasteiger partial charge in [0.05, 0.1) is 0 Å². The molecule has 0 bridgehead atoms. The van der Waals surface area contributed by atoms with Gasteiger partial charge < -0.3 is 0 Å². The average Bonchev–Trinajstić information content (AvgIpc) is 1.67. The molecule has 0 aromatic heterocycles. The summed E-state index contributed by atoms with van der Waals surface area (Å²) >= 11 is 0. The maximum Gasteiger partial charge on any atom is 0.293 e. The van der Waals surface area contributed by atoms with Crippen LogP contribution in [0.25, 0.3) is 0 Å². The van der Waals surface area contributed by atoms with E-state index in [-0.39, 0.29) is 0 Å². The maximum absolute atomic E-state index is 10.3.